The van der Waals surface area contributed by atoms with Crippen molar-refractivity contribution in [3.63, 3.8) is 0 Å². The molecule has 3 heteroatoms. The molecule has 0 aliphatic heterocycles. The predicted octanol–water partition coefficient (Wildman–Crippen LogP) is 0.250. The third-order valence-corrected chi connectivity index (χ3v) is 2.36. The lowest BCUT2D eigenvalue weighted by atomic mass is 9.85. The molecule has 0 bridgehead atoms. The largest absolute Gasteiger partial charge is 0.368 e. The average molecular weight is 156 g/mol. The lowest BCUT2D eigenvalue weighted by Crippen LogP contribution is -2.42. The number of hydrogen-bond acceptors (Lipinski definition) is 2. The highest BCUT2D eigenvalue weighted by atomic mass is 16.1. The molecule has 1 unspecified atom stereocenters. The van der Waals surface area contributed by atoms with E-state index in [4.69, 9.17) is 5.73 Å². The fourth-order valence-electron chi connectivity index (χ4n) is 1.14. The van der Waals surface area contributed by atoms with Gasteiger partial charge in [0.1, 0.15) is 0 Å². The van der Waals surface area contributed by atoms with E-state index in [2.05, 4.69) is 5.32 Å². The van der Waals surface area contributed by atoms with Crippen LogP contribution in [0.4, 0.5) is 0 Å². The highest BCUT2D eigenvalue weighted by molar-refractivity contribution is 5.79. The lowest BCUT2D eigenvalue weighted by Gasteiger charge is -2.26. The van der Waals surface area contributed by atoms with Gasteiger partial charge in [-0.25, -0.2) is 0 Å². The molecule has 3 nitrogen and oxygen atoms in total. The first-order chi connectivity index (χ1) is 5.20. The van der Waals surface area contributed by atoms with E-state index in [1.807, 2.05) is 0 Å². The minimum atomic E-state index is -0.260. The number of nitrogens with one attached hydrogen (secondary N) is 1. The van der Waals surface area contributed by atoms with Crippen molar-refractivity contribution in [1.29, 1.82) is 0 Å². The number of amides is 1. The van der Waals surface area contributed by atoms with E-state index in [-0.39, 0.29) is 11.9 Å². The number of carbonyl (C=O) groups is 1. The van der Waals surface area contributed by atoms with Gasteiger partial charge in [0.25, 0.3) is 0 Å². The Morgan fingerprint density at radius 1 is 1.73 bits per heavy atom. The molecule has 1 aliphatic carbocycles. The maximum absolute atomic E-state index is 10.6. The van der Waals surface area contributed by atoms with Crippen LogP contribution in [0.25, 0.3) is 0 Å². The molecular formula is C8H16N2O. The first-order valence-corrected chi connectivity index (χ1v) is 4.23. The van der Waals surface area contributed by atoms with Crippen molar-refractivity contribution in [2.24, 2.45) is 11.7 Å². The summed E-state index contributed by atoms with van der Waals surface area (Å²) >= 11 is 0. The van der Waals surface area contributed by atoms with E-state index in [9.17, 15) is 4.79 Å². The van der Waals surface area contributed by atoms with Gasteiger partial charge in [-0.05, 0) is 32.2 Å². The molecule has 0 spiro atoms. The normalized spacial score (nSPS) is 20.8. The highest BCUT2D eigenvalue weighted by Gasteiger charge is 2.18. The smallest absolute Gasteiger partial charge is 0.234 e. The van der Waals surface area contributed by atoms with E-state index in [0.29, 0.717) is 0 Å². The highest BCUT2D eigenvalue weighted by Crippen LogP contribution is 2.25. The molecule has 11 heavy (non-hydrogen) atoms. The standard InChI is InChI=1S/C8H16N2O/c1-6(8(9)11)10-5-7-3-2-4-7/h6-7,10H,2-5H2,1H3,(H2,9,11). The first kappa shape index (κ1) is 8.53. The third-order valence-electron chi connectivity index (χ3n) is 2.36. The van der Waals surface area contributed by atoms with Gasteiger partial charge < -0.3 is 11.1 Å². The summed E-state index contributed by atoms with van der Waals surface area (Å²) in [6.45, 7) is 2.76. The SMILES string of the molecule is CC(NCC1CCC1)C(N)=O. The molecule has 1 saturated carbocycles. The number of nitrogens with two attached hydrogens (primary N) is 1. The summed E-state index contributed by atoms with van der Waals surface area (Å²) in [7, 11) is 0. The van der Waals surface area contributed by atoms with Crippen molar-refractivity contribution in [2.75, 3.05) is 6.54 Å². The van der Waals surface area contributed by atoms with Gasteiger partial charge in [-0.2, -0.15) is 0 Å². The summed E-state index contributed by atoms with van der Waals surface area (Å²) in [5, 5.41) is 3.11. The zero-order chi connectivity index (χ0) is 8.27. The van der Waals surface area contributed by atoms with Crippen LogP contribution < -0.4 is 11.1 Å². The molecule has 0 aromatic rings. The Morgan fingerprint density at radius 2 is 2.36 bits per heavy atom. The van der Waals surface area contributed by atoms with Crippen LogP contribution in [0.5, 0.6) is 0 Å². The Bertz CT molecular complexity index is 143. The number of carbonyl (C=O) groups excluding carboxylic acids is 1. The van der Waals surface area contributed by atoms with Crippen LogP contribution in [0.2, 0.25) is 0 Å². The van der Waals surface area contributed by atoms with E-state index in [1.165, 1.54) is 19.3 Å². The second-order valence-corrected chi connectivity index (χ2v) is 3.33. The van der Waals surface area contributed by atoms with E-state index in [1.54, 1.807) is 6.92 Å². The van der Waals surface area contributed by atoms with Gasteiger partial charge in [-0.15, -0.1) is 0 Å². The van der Waals surface area contributed by atoms with Crippen molar-refractivity contribution in [3.8, 4) is 0 Å². The number of rotatable bonds is 4. The van der Waals surface area contributed by atoms with Crippen LogP contribution >= 0.6 is 0 Å². The molecule has 3 N–H and O–H groups in total. The molecule has 0 aromatic heterocycles. The van der Waals surface area contributed by atoms with Gasteiger partial charge in [-0.3, -0.25) is 4.79 Å². The van der Waals surface area contributed by atoms with Crippen LogP contribution in [0.15, 0.2) is 0 Å². The zero-order valence-corrected chi connectivity index (χ0v) is 6.97. The molecule has 64 valence electrons. The van der Waals surface area contributed by atoms with Gasteiger partial charge in [0.05, 0.1) is 6.04 Å². The van der Waals surface area contributed by atoms with Crippen LogP contribution in [0.1, 0.15) is 26.2 Å². The van der Waals surface area contributed by atoms with Crippen molar-refractivity contribution in [3.05, 3.63) is 0 Å². The molecule has 1 atom stereocenters. The minimum Gasteiger partial charge on any atom is -0.368 e. The monoisotopic (exact) mass is 156 g/mol. The molecule has 0 saturated heterocycles. The molecule has 0 radical (unpaired) electrons. The summed E-state index contributed by atoms with van der Waals surface area (Å²) in [5.41, 5.74) is 5.08. The topological polar surface area (TPSA) is 55.1 Å². The summed E-state index contributed by atoms with van der Waals surface area (Å²) in [6, 6.07) is -0.171. The maximum atomic E-state index is 10.6. The first-order valence-electron chi connectivity index (χ1n) is 4.23. The van der Waals surface area contributed by atoms with E-state index < -0.39 is 0 Å². The maximum Gasteiger partial charge on any atom is 0.234 e. The van der Waals surface area contributed by atoms with Gasteiger partial charge in [0.15, 0.2) is 0 Å². The Hall–Kier alpha value is -0.570. The van der Waals surface area contributed by atoms with Crippen molar-refractivity contribution in [1.82, 2.24) is 5.32 Å². The van der Waals surface area contributed by atoms with Crippen molar-refractivity contribution < 1.29 is 4.79 Å². The van der Waals surface area contributed by atoms with Gasteiger partial charge in [0, 0.05) is 0 Å². The third kappa shape index (κ3) is 2.50. The fourth-order valence-corrected chi connectivity index (χ4v) is 1.14. The fraction of sp³-hybridized carbons (Fsp3) is 0.875. The molecule has 0 aromatic carbocycles. The summed E-state index contributed by atoms with van der Waals surface area (Å²) in [5.74, 6) is 0.529. The van der Waals surface area contributed by atoms with Crippen LogP contribution in [0, 0.1) is 5.92 Å². The molecule has 1 fully saturated rings. The quantitative estimate of drug-likeness (QED) is 0.613. The summed E-state index contributed by atoms with van der Waals surface area (Å²) in [4.78, 5) is 10.6. The van der Waals surface area contributed by atoms with E-state index >= 15 is 0 Å². The van der Waals surface area contributed by atoms with Gasteiger partial charge >= 0.3 is 0 Å². The second kappa shape index (κ2) is 3.72. The van der Waals surface area contributed by atoms with Gasteiger partial charge in [0.2, 0.25) is 5.91 Å². The van der Waals surface area contributed by atoms with Crippen LogP contribution in [0.3, 0.4) is 0 Å². The molecular weight excluding hydrogens is 140 g/mol. The Labute approximate surface area is 67.3 Å². The zero-order valence-electron chi connectivity index (χ0n) is 6.97. The lowest BCUT2D eigenvalue weighted by molar-refractivity contribution is -0.119. The van der Waals surface area contributed by atoms with E-state index in [0.717, 1.165) is 12.5 Å². The summed E-state index contributed by atoms with van der Waals surface area (Å²) in [6.07, 6.45) is 3.95. The minimum absolute atomic E-state index is 0.171. The Kier molecular flexibility index (Phi) is 2.88. The van der Waals surface area contributed by atoms with Gasteiger partial charge in [-0.1, -0.05) is 6.42 Å². The molecule has 1 aliphatic rings. The number of hydrogen-bond donors (Lipinski definition) is 2. The Morgan fingerprint density at radius 3 is 2.73 bits per heavy atom. The van der Waals surface area contributed by atoms with Crippen molar-refractivity contribution in [2.45, 2.75) is 32.2 Å². The van der Waals surface area contributed by atoms with Crippen LogP contribution in [-0.2, 0) is 4.79 Å². The van der Waals surface area contributed by atoms with Crippen molar-refractivity contribution >= 4 is 5.91 Å². The second-order valence-electron chi connectivity index (χ2n) is 3.33. The Balaban J connectivity index is 2.05. The molecule has 0 heterocycles. The predicted molar refractivity (Wildman–Crippen MR) is 44.0 cm³/mol. The number of primary amides is 1. The van der Waals surface area contributed by atoms with Crippen LogP contribution in [-0.4, -0.2) is 18.5 Å². The average Bonchev–Trinajstić information content (AvgIpc) is 1.83. The molecule has 1 amide bonds. The molecule has 1 rings (SSSR count). The summed E-state index contributed by atoms with van der Waals surface area (Å²) < 4.78 is 0.